The van der Waals surface area contributed by atoms with Crippen LogP contribution < -0.4 is 5.32 Å². The van der Waals surface area contributed by atoms with Crippen LogP contribution in [0.15, 0.2) is 24.3 Å². The summed E-state index contributed by atoms with van der Waals surface area (Å²) < 4.78 is 0. The summed E-state index contributed by atoms with van der Waals surface area (Å²) in [5.74, 6) is -0.111. The molecule has 1 aliphatic carbocycles. The first-order valence-corrected chi connectivity index (χ1v) is 8.97. The van der Waals surface area contributed by atoms with Crippen LogP contribution in [0.1, 0.15) is 61.7 Å². The van der Waals surface area contributed by atoms with Crippen molar-refractivity contribution < 1.29 is 14.7 Å². The summed E-state index contributed by atoms with van der Waals surface area (Å²) in [6.45, 7) is 1.66. The summed E-state index contributed by atoms with van der Waals surface area (Å²) in [4.78, 5) is 26.3. The van der Waals surface area contributed by atoms with Gasteiger partial charge in [0.1, 0.15) is 0 Å². The molecule has 0 atom stereocenters. The molecule has 1 aromatic carbocycles. The lowest BCUT2D eigenvalue weighted by Gasteiger charge is -2.31. The van der Waals surface area contributed by atoms with Crippen LogP contribution >= 0.6 is 0 Å². The number of nitrogens with one attached hydrogen (secondary N) is 1. The van der Waals surface area contributed by atoms with E-state index in [1.54, 1.807) is 24.3 Å². The lowest BCUT2D eigenvalue weighted by Crippen LogP contribution is -2.35. The zero-order valence-electron chi connectivity index (χ0n) is 14.1. The van der Waals surface area contributed by atoms with E-state index in [1.165, 1.54) is 0 Å². The Morgan fingerprint density at radius 1 is 1.00 bits per heavy atom. The SMILES string of the molecule is O=C(CC1(O)CCCCC1)Nc1ccc(C(=O)N2CCCC2)cc1. The highest BCUT2D eigenvalue weighted by atomic mass is 16.3. The highest BCUT2D eigenvalue weighted by molar-refractivity contribution is 5.96. The molecule has 1 saturated carbocycles. The fourth-order valence-corrected chi connectivity index (χ4v) is 3.69. The lowest BCUT2D eigenvalue weighted by atomic mass is 9.82. The molecular formula is C19H26N2O3. The number of nitrogens with zero attached hydrogens (tertiary/aromatic N) is 1. The number of benzene rings is 1. The Kier molecular flexibility index (Phi) is 5.19. The largest absolute Gasteiger partial charge is 0.389 e. The van der Waals surface area contributed by atoms with Crippen molar-refractivity contribution in [2.75, 3.05) is 18.4 Å². The van der Waals surface area contributed by atoms with E-state index < -0.39 is 5.60 Å². The zero-order chi connectivity index (χ0) is 17.0. The fourth-order valence-electron chi connectivity index (χ4n) is 3.69. The van der Waals surface area contributed by atoms with E-state index in [-0.39, 0.29) is 18.2 Å². The second-order valence-electron chi connectivity index (χ2n) is 7.09. The van der Waals surface area contributed by atoms with Gasteiger partial charge >= 0.3 is 0 Å². The van der Waals surface area contributed by atoms with Gasteiger partial charge < -0.3 is 15.3 Å². The Labute approximate surface area is 143 Å². The number of carbonyl (C=O) groups is 2. The predicted octanol–water partition coefficient (Wildman–Crippen LogP) is 2.95. The number of likely N-dealkylation sites (tertiary alicyclic amines) is 1. The van der Waals surface area contributed by atoms with E-state index >= 15 is 0 Å². The molecule has 0 aromatic heterocycles. The Morgan fingerprint density at radius 2 is 1.62 bits per heavy atom. The summed E-state index contributed by atoms with van der Waals surface area (Å²) in [5.41, 5.74) is 0.465. The van der Waals surface area contributed by atoms with Crippen LogP contribution in [0, 0.1) is 0 Å². The molecule has 0 spiro atoms. The maximum Gasteiger partial charge on any atom is 0.253 e. The van der Waals surface area contributed by atoms with Crippen LogP contribution in [0.5, 0.6) is 0 Å². The Bertz CT molecular complexity index is 585. The van der Waals surface area contributed by atoms with Gasteiger partial charge in [-0.3, -0.25) is 9.59 Å². The van der Waals surface area contributed by atoms with Gasteiger partial charge in [-0.2, -0.15) is 0 Å². The van der Waals surface area contributed by atoms with Crippen molar-refractivity contribution in [2.45, 2.75) is 57.0 Å². The first kappa shape index (κ1) is 17.0. The standard InChI is InChI=1S/C19H26N2O3/c22-17(14-19(24)10-2-1-3-11-19)20-16-8-6-15(7-9-16)18(23)21-12-4-5-13-21/h6-9,24H,1-5,10-14H2,(H,20,22). The fraction of sp³-hybridized carbons (Fsp3) is 0.579. The quantitative estimate of drug-likeness (QED) is 0.892. The Morgan fingerprint density at radius 3 is 2.25 bits per heavy atom. The number of aliphatic hydroxyl groups is 1. The molecule has 2 aliphatic rings. The molecule has 1 saturated heterocycles. The topological polar surface area (TPSA) is 69.6 Å². The van der Waals surface area contributed by atoms with Crippen LogP contribution in [-0.4, -0.2) is 40.5 Å². The molecule has 3 rings (SSSR count). The Balaban J connectivity index is 1.55. The minimum Gasteiger partial charge on any atom is -0.389 e. The molecule has 5 heteroatoms. The van der Waals surface area contributed by atoms with E-state index in [1.807, 2.05) is 4.90 Å². The molecule has 1 heterocycles. The van der Waals surface area contributed by atoms with Gasteiger partial charge in [-0.15, -0.1) is 0 Å². The van der Waals surface area contributed by atoms with Gasteiger partial charge in [0.25, 0.3) is 5.91 Å². The van der Waals surface area contributed by atoms with E-state index in [0.29, 0.717) is 24.1 Å². The molecule has 2 N–H and O–H groups in total. The van der Waals surface area contributed by atoms with Crippen molar-refractivity contribution in [2.24, 2.45) is 0 Å². The van der Waals surface area contributed by atoms with Gasteiger partial charge in [0.15, 0.2) is 0 Å². The van der Waals surface area contributed by atoms with Gasteiger partial charge in [-0.25, -0.2) is 0 Å². The maximum atomic E-state index is 12.3. The van der Waals surface area contributed by atoms with E-state index in [0.717, 1.165) is 45.2 Å². The van der Waals surface area contributed by atoms with Gasteiger partial charge in [-0.05, 0) is 49.9 Å². The molecule has 1 aliphatic heterocycles. The third-order valence-electron chi connectivity index (χ3n) is 5.08. The van der Waals surface area contributed by atoms with Crippen LogP contribution in [0.3, 0.4) is 0 Å². The van der Waals surface area contributed by atoms with Crippen molar-refractivity contribution in [1.82, 2.24) is 4.90 Å². The summed E-state index contributed by atoms with van der Waals surface area (Å²) >= 11 is 0. The summed E-state index contributed by atoms with van der Waals surface area (Å²) in [6.07, 6.45) is 6.78. The molecule has 1 aromatic rings. The van der Waals surface area contributed by atoms with Gasteiger partial charge in [-0.1, -0.05) is 19.3 Å². The average molecular weight is 330 g/mol. The van der Waals surface area contributed by atoms with Crippen LogP contribution in [0.4, 0.5) is 5.69 Å². The van der Waals surface area contributed by atoms with E-state index in [9.17, 15) is 14.7 Å². The Hall–Kier alpha value is -1.88. The van der Waals surface area contributed by atoms with Crippen LogP contribution in [-0.2, 0) is 4.79 Å². The van der Waals surface area contributed by atoms with Gasteiger partial charge in [0, 0.05) is 24.3 Å². The van der Waals surface area contributed by atoms with Crippen molar-refractivity contribution in [1.29, 1.82) is 0 Å². The number of carbonyl (C=O) groups excluding carboxylic acids is 2. The molecule has 24 heavy (non-hydrogen) atoms. The molecule has 0 bridgehead atoms. The average Bonchev–Trinajstić information content (AvgIpc) is 3.09. The molecule has 130 valence electrons. The minimum absolute atomic E-state index is 0.0573. The number of hydrogen-bond acceptors (Lipinski definition) is 3. The summed E-state index contributed by atoms with van der Waals surface area (Å²) in [6, 6.07) is 7.02. The third kappa shape index (κ3) is 4.15. The molecule has 5 nitrogen and oxygen atoms in total. The predicted molar refractivity (Wildman–Crippen MR) is 92.9 cm³/mol. The van der Waals surface area contributed by atoms with Crippen molar-refractivity contribution in [3.8, 4) is 0 Å². The molecular weight excluding hydrogens is 304 g/mol. The van der Waals surface area contributed by atoms with Gasteiger partial charge in [0.2, 0.25) is 5.91 Å². The van der Waals surface area contributed by atoms with Gasteiger partial charge in [0.05, 0.1) is 12.0 Å². The second-order valence-corrected chi connectivity index (χ2v) is 7.09. The number of rotatable bonds is 4. The summed E-state index contributed by atoms with van der Waals surface area (Å²) in [7, 11) is 0. The number of anilines is 1. The first-order valence-electron chi connectivity index (χ1n) is 8.97. The zero-order valence-corrected chi connectivity index (χ0v) is 14.1. The number of hydrogen-bond donors (Lipinski definition) is 2. The number of amides is 2. The highest BCUT2D eigenvalue weighted by Gasteiger charge is 2.31. The summed E-state index contributed by atoms with van der Waals surface area (Å²) in [5, 5.41) is 13.3. The van der Waals surface area contributed by atoms with Crippen LogP contribution in [0.2, 0.25) is 0 Å². The van der Waals surface area contributed by atoms with Crippen molar-refractivity contribution in [3.05, 3.63) is 29.8 Å². The van der Waals surface area contributed by atoms with Crippen LogP contribution in [0.25, 0.3) is 0 Å². The maximum absolute atomic E-state index is 12.3. The van der Waals surface area contributed by atoms with Crippen molar-refractivity contribution in [3.63, 3.8) is 0 Å². The first-order chi connectivity index (χ1) is 11.6. The second kappa shape index (κ2) is 7.34. The highest BCUT2D eigenvalue weighted by Crippen LogP contribution is 2.31. The monoisotopic (exact) mass is 330 g/mol. The molecule has 0 unspecified atom stereocenters. The smallest absolute Gasteiger partial charge is 0.253 e. The normalized spacial score (nSPS) is 20.0. The molecule has 2 fully saturated rings. The molecule has 2 amide bonds. The van der Waals surface area contributed by atoms with E-state index in [4.69, 9.17) is 0 Å². The molecule has 0 radical (unpaired) electrons. The lowest BCUT2D eigenvalue weighted by molar-refractivity contribution is -0.122. The third-order valence-corrected chi connectivity index (χ3v) is 5.08. The van der Waals surface area contributed by atoms with Crippen molar-refractivity contribution >= 4 is 17.5 Å². The minimum atomic E-state index is -0.853. The van der Waals surface area contributed by atoms with E-state index in [2.05, 4.69) is 5.32 Å².